The van der Waals surface area contributed by atoms with Crippen molar-refractivity contribution in [3.63, 3.8) is 0 Å². The summed E-state index contributed by atoms with van der Waals surface area (Å²) in [5.41, 5.74) is -2.42. The first kappa shape index (κ1) is 37.6. The van der Waals surface area contributed by atoms with E-state index in [4.69, 9.17) is 16.6 Å². The lowest BCUT2D eigenvalue weighted by Crippen LogP contribution is -2.50. The van der Waals surface area contributed by atoms with Crippen molar-refractivity contribution >= 4 is 49.9 Å². The minimum absolute atomic E-state index is 0.0931. The highest BCUT2D eigenvalue weighted by Crippen LogP contribution is 2.44. The molecule has 12 heteroatoms. The zero-order valence-electron chi connectivity index (χ0n) is 27.3. The van der Waals surface area contributed by atoms with Crippen molar-refractivity contribution < 1.29 is 30.8 Å². The average Bonchev–Trinajstić information content (AvgIpc) is 3.01. The second-order valence-corrected chi connectivity index (χ2v) is 20.4. The van der Waals surface area contributed by atoms with Crippen molar-refractivity contribution in [1.29, 1.82) is 0 Å². The summed E-state index contributed by atoms with van der Waals surface area (Å²) >= 11 is 5.63. The second kappa shape index (κ2) is 15.1. The van der Waals surface area contributed by atoms with Crippen molar-refractivity contribution in [3.8, 4) is 0 Å². The summed E-state index contributed by atoms with van der Waals surface area (Å²) in [6.45, 7) is 10.7. The minimum atomic E-state index is -4.99. The van der Waals surface area contributed by atoms with Crippen LogP contribution in [0.25, 0.3) is 0 Å². The molecule has 0 fully saturated rings. The van der Waals surface area contributed by atoms with Gasteiger partial charge in [0.15, 0.2) is 13.4 Å². The molecule has 2 atom stereocenters. The smallest absolute Gasteiger partial charge is 0.408 e. The van der Waals surface area contributed by atoms with Gasteiger partial charge in [-0.05, 0) is 78.8 Å². The molecule has 48 heavy (non-hydrogen) atoms. The fraction of sp³-hybridized carbons (Fsp3) is 0.306. The van der Waals surface area contributed by atoms with Gasteiger partial charge in [0, 0.05) is 5.69 Å². The average molecular weight is 721 g/mol. The van der Waals surface area contributed by atoms with Crippen LogP contribution < -0.4 is 21.2 Å². The Morgan fingerprint density at radius 3 is 1.58 bits per heavy atom. The first-order chi connectivity index (χ1) is 22.3. The van der Waals surface area contributed by atoms with E-state index in [-0.39, 0.29) is 16.2 Å². The van der Waals surface area contributed by atoms with Crippen LogP contribution in [-0.2, 0) is 16.8 Å². The Hall–Kier alpha value is -3.24. The van der Waals surface area contributed by atoms with E-state index >= 15 is 0 Å². The minimum Gasteiger partial charge on any atom is -0.408 e. The zero-order valence-corrected chi connectivity index (χ0v) is 30.0. The summed E-state index contributed by atoms with van der Waals surface area (Å²) in [6.07, 6.45) is -10.1. The van der Waals surface area contributed by atoms with Gasteiger partial charge in [-0.15, -0.1) is 0 Å². The largest absolute Gasteiger partial charge is 0.416 e. The molecule has 0 spiro atoms. The molecule has 2 N–H and O–H groups in total. The van der Waals surface area contributed by atoms with Gasteiger partial charge in [-0.3, -0.25) is 0 Å². The molecule has 4 aromatic rings. The molecule has 0 amide bonds. The highest BCUT2D eigenvalue weighted by atomic mass is 32.1. The van der Waals surface area contributed by atoms with Gasteiger partial charge < -0.3 is 15.1 Å². The van der Waals surface area contributed by atoms with Crippen LogP contribution in [0.2, 0.25) is 18.1 Å². The van der Waals surface area contributed by atoms with Crippen LogP contribution in [-0.4, -0.2) is 25.6 Å². The van der Waals surface area contributed by atoms with Crippen molar-refractivity contribution in [2.24, 2.45) is 0 Å². The molecule has 0 aliphatic carbocycles. The normalized spacial score (nSPS) is 14.0. The van der Waals surface area contributed by atoms with Gasteiger partial charge in [-0.1, -0.05) is 112 Å². The predicted molar refractivity (Wildman–Crippen MR) is 191 cm³/mol. The third-order valence-electron chi connectivity index (χ3n) is 8.40. The van der Waals surface area contributed by atoms with E-state index in [0.29, 0.717) is 18.3 Å². The number of benzene rings is 4. The maximum absolute atomic E-state index is 13.6. The number of rotatable bonds is 10. The monoisotopic (exact) mass is 720 g/mol. The topological polar surface area (TPSA) is 33.3 Å². The van der Waals surface area contributed by atoms with E-state index in [0.717, 1.165) is 16.2 Å². The predicted octanol–water partition coefficient (Wildman–Crippen LogP) is 10.3. The Balaban J connectivity index is 1.81. The van der Waals surface area contributed by atoms with E-state index in [1.54, 1.807) is 0 Å². The number of anilines is 1. The number of nitrogens with one attached hydrogen (secondary N) is 2. The second-order valence-electron chi connectivity index (χ2n) is 13.0. The van der Waals surface area contributed by atoms with Gasteiger partial charge in [-0.2, -0.15) is 26.3 Å². The first-order valence-corrected chi connectivity index (χ1v) is 20.2. The SMILES string of the molecule is CC(C)(C)[Si](C)(C)O[C@@H](c1ccccc1)[C@H](CP(c1ccccc1)c1ccccc1)NC(=S)Nc1cc(C(F)(F)F)cc(C(F)(F)F)c1. The number of halogens is 6. The summed E-state index contributed by atoms with van der Waals surface area (Å²) < 4.78 is 89.0. The third kappa shape index (κ3) is 9.90. The summed E-state index contributed by atoms with van der Waals surface area (Å²) in [5.74, 6) is 0. The highest BCUT2D eigenvalue weighted by molar-refractivity contribution is 7.80. The Labute approximate surface area is 286 Å². The fourth-order valence-corrected chi connectivity index (χ4v) is 8.89. The fourth-order valence-electron chi connectivity index (χ4n) is 4.87. The molecule has 0 heterocycles. The molecule has 4 rings (SSSR count). The Morgan fingerprint density at radius 1 is 0.729 bits per heavy atom. The molecule has 4 aromatic carbocycles. The van der Waals surface area contributed by atoms with E-state index < -0.39 is 57.6 Å². The lowest BCUT2D eigenvalue weighted by molar-refractivity contribution is -0.143. The Kier molecular flexibility index (Phi) is 11.8. The van der Waals surface area contributed by atoms with Gasteiger partial charge in [0.2, 0.25) is 0 Å². The summed E-state index contributed by atoms with van der Waals surface area (Å²) in [6, 6.07) is 30.4. The van der Waals surface area contributed by atoms with Gasteiger partial charge in [0.05, 0.1) is 23.3 Å². The molecule has 0 aliphatic heterocycles. The Morgan fingerprint density at radius 2 is 1.17 bits per heavy atom. The molecule has 0 bridgehead atoms. The Bertz CT molecular complexity index is 1580. The van der Waals surface area contributed by atoms with Crippen molar-refractivity contribution in [2.45, 2.75) is 63.4 Å². The zero-order chi connectivity index (χ0) is 35.3. The van der Waals surface area contributed by atoms with E-state index in [1.165, 1.54) is 0 Å². The third-order valence-corrected chi connectivity index (χ3v) is 15.7. The van der Waals surface area contributed by atoms with Gasteiger partial charge in [0.1, 0.15) is 0 Å². The summed E-state index contributed by atoms with van der Waals surface area (Å²) in [7, 11) is -3.48. The van der Waals surface area contributed by atoms with Crippen LogP contribution in [0.3, 0.4) is 0 Å². The van der Waals surface area contributed by atoms with E-state index in [1.807, 2.05) is 66.7 Å². The number of alkyl halides is 6. The summed E-state index contributed by atoms with van der Waals surface area (Å²) in [5, 5.41) is 7.83. The molecular weight excluding hydrogens is 682 g/mol. The van der Waals surface area contributed by atoms with Crippen LogP contribution in [0.1, 0.15) is 43.6 Å². The molecule has 0 saturated heterocycles. The summed E-state index contributed by atoms with van der Waals surface area (Å²) in [4.78, 5) is 0. The lowest BCUT2D eigenvalue weighted by atomic mass is 10.0. The highest BCUT2D eigenvalue weighted by Gasteiger charge is 2.42. The quantitative estimate of drug-likeness (QED) is 0.0740. The van der Waals surface area contributed by atoms with Gasteiger partial charge in [0.25, 0.3) is 0 Å². The standard InChI is InChI=1S/C36H39F6N2OPSSi/c1-34(2,3)48(4,5)45-32(25-15-9-6-10-16-25)31(24-46(29-17-11-7-12-18-29)30-19-13-8-14-20-30)44-33(47)43-28-22-26(35(37,38)39)21-27(23-28)36(40,41)42/h6-23,31-32H,24H2,1-5H3,(H2,43,44,47)/t31-,32-/m0/s1. The molecular formula is C36H39F6N2OPSSi. The molecule has 0 aromatic heterocycles. The van der Waals surface area contributed by atoms with Gasteiger partial charge in [-0.25, -0.2) is 0 Å². The molecule has 0 saturated carbocycles. The maximum Gasteiger partial charge on any atom is 0.416 e. The number of hydrogen-bond donors (Lipinski definition) is 2. The molecule has 0 unspecified atom stereocenters. The molecule has 0 radical (unpaired) electrons. The first-order valence-electron chi connectivity index (χ1n) is 15.3. The molecule has 3 nitrogen and oxygen atoms in total. The van der Waals surface area contributed by atoms with Crippen molar-refractivity contribution in [1.82, 2.24) is 5.32 Å². The number of thiocarbonyl (C=S) groups is 1. The van der Waals surface area contributed by atoms with Crippen molar-refractivity contribution in [2.75, 3.05) is 11.5 Å². The van der Waals surface area contributed by atoms with Crippen molar-refractivity contribution in [3.05, 3.63) is 126 Å². The van der Waals surface area contributed by atoms with Crippen LogP contribution in [0.5, 0.6) is 0 Å². The van der Waals surface area contributed by atoms with Crippen LogP contribution in [0, 0.1) is 0 Å². The molecule has 256 valence electrons. The van der Waals surface area contributed by atoms with Crippen LogP contribution in [0.4, 0.5) is 32.0 Å². The molecule has 0 aliphatic rings. The van der Waals surface area contributed by atoms with Crippen LogP contribution in [0.15, 0.2) is 109 Å². The maximum atomic E-state index is 13.6. The van der Waals surface area contributed by atoms with Gasteiger partial charge >= 0.3 is 12.4 Å². The van der Waals surface area contributed by atoms with Crippen LogP contribution >= 0.6 is 20.1 Å². The lowest BCUT2D eigenvalue weighted by Gasteiger charge is -2.42. The van der Waals surface area contributed by atoms with E-state index in [2.05, 4.69) is 68.8 Å². The van der Waals surface area contributed by atoms with E-state index in [9.17, 15) is 26.3 Å². The number of hydrogen-bond acceptors (Lipinski definition) is 2.